The number of carbonyl (C=O) groups is 1. The van der Waals surface area contributed by atoms with E-state index in [-0.39, 0.29) is 24.7 Å². The molecule has 1 aromatic heterocycles. The van der Waals surface area contributed by atoms with Crippen LogP contribution < -0.4 is 5.73 Å². The molecule has 1 aliphatic rings. The molecule has 17 heavy (non-hydrogen) atoms. The van der Waals surface area contributed by atoms with Crippen molar-refractivity contribution >= 4 is 5.91 Å². The van der Waals surface area contributed by atoms with Crippen LogP contribution in [-0.2, 0) is 6.54 Å². The molecule has 1 aromatic rings. The molecule has 0 aliphatic carbocycles. The van der Waals surface area contributed by atoms with Crippen LogP contribution >= 0.6 is 0 Å². The zero-order chi connectivity index (χ0) is 12.4. The van der Waals surface area contributed by atoms with Crippen LogP contribution in [0, 0.1) is 0 Å². The summed E-state index contributed by atoms with van der Waals surface area (Å²) in [6.45, 7) is 1.14. The first-order chi connectivity index (χ1) is 8.11. The van der Waals surface area contributed by atoms with Gasteiger partial charge < -0.3 is 20.8 Å². The third kappa shape index (κ3) is 2.43. The van der Waals surface area contributed by atoms with Crippen molar-refractivity contribution in [3.05, 3.63) is 11.9 Å². The average Bonchev–Trinajstić information content (AvgIpc) is 2.87. The molecule has 0 unspecified atom stereocenters. The van der Waals surface area contributed by atoms with Crippen molar-refractivity contribution in [3.8, 4) is 0 Å². The van der Waals surface area contributed by atoms with Crippen LogP contribution in [0.15, 0.2) is 6.20 Å². The van der Waals surface area contributed by atoms with Gasteiger partial charge in [-0.25, -0.2) is 0 Å². The van der Waals surface area contributed by atoms with E-state index >= 15 is 0 Å². The smallest absolute Gasteiger partial charge is 0.276 e. The summed E-state index contributed by atoms with van der Waals surface area (Å²) in [6.07, 6.45) is -0.275. The van der Waals surface area contributed by atoms with Gasteiger partial charge >= 0.3 is 0 Å². The van der Waals surface area contributed by atoms with Crippen molar-refractivity contribution < 1.29 is 15.0 Å². The Balaban J connectivity index is 2.04. The van der Waals surface area contributed by atoms with Gasteiger partial charge in [0.05, 0.1) is 24.9 Å². The molecule has 0 spiro atoms. The maximum Gasteiger partial charge on any atom is 0.276 e. The summed E-state index contributed by atoms with van der Waals surface area (Å²) in [7, 11) is 0. The van der Waals surface area contributed by atoms with Gasteiger partial charge in [0, 0.05) is 19.6 Å². The van der Waals surface area contributed by atoms with E-state index in [2.05, 4.69) is 10.3 Å². The Morgan fingerprint density at radius 1 is 1.47 bits per heavy atom. The highest BCUT2D eigenvalue weighted by Crippen LogP contribution is 2.12. The third-order valence-electron chi connectivity index (χ3n) is 2.66. The Morgan fingerprint density at radius 2 is 2.12 bits per heavy atom. The maximum atomic E-state index is 11.9. The SMILES string of the molecule is NCCn1cc(C(=O)N2C[C@@H](O)[C@@H](O)C2)nn1. The zero-order valence-electron chi connectivity index (χ0n) is 9.23. The number of hydrogen-bond acceptors (Lipinski definition) is 6. The Bertz CT molecular complexity index is 397. The van der Waals surface area contributed by atoms with Crippen LogP contribution in [0.3, 0.4) is 0 Å². The highest BCUT2D eigenvalue weighted by Gasteiger charge is 2.33. The Morgan fingerprint density at radius 3 is 2.71 bits per heavy atom. The first-order valence-electron chi connectivity index (χ1n) is 5.37. The molecule has 1 fully saturated rings. The number of aliphatic hydroxyl groups excluding tert-OH is 2. The highest BCUT2D eigenvalue weighted by atomic mass is 16.3. The molecule has 1 aliphatic heterocycles. The molecule has 2 heterocycles. The van der Waals surface area contributed by atoms with E-state index in [9.17, 15) is 15.0 Å². The molecule has 0 radical (unpaired) electrons. The standard InChI is InChI=1S/C9H15N5O3/c10-1-2-14-3-6(11-12-14)9(17)13-4-7(15)8(16)5-13/h3,7-8,15-16H,1-2,4-5,10H2/t7-,8+. The van der Waals surface area contributed by atoms with Gasteiger partial charge in [0.25, 0.3) is 5.91 Å². The molecule has 1 amide bonds. The van der Waals surface area contributed by atoms with Crippen LogP contribution in [0.4, 0.5) is 0 Å². The van der Waals surface area contributed by atoms with Crippen LogP contribution in [0.5, 0.6) is 0 Å². The van der Waals surface area contributed by atoms with Crippen LogP contribution in [-0.4, -0.2) is 67.9 Å². The van der Waals surface area contributed by atoms with Gasteiger partial charge in [-0.15, -0.1) is 5.10 Å². The van der Waals surface area contributed by atoms with E-state index in [1.54, 1.807) is 0 Å². The minimum Gasteiger partial charge on any atom is -0.388 e. The second-order valence-corrected chi connectivity index (χ2v) is 4.00. The molecule has 4 N–H and O–H groups in total. The normalized spacial score (nSPS) is 24.3. The number of β-amino-alcohol motifs (C(OH)–C–C–N with tert-alkyl or cyclic N) is 2. The van der Waals surface area contributed by atoms with E-state index in [0.717, 1.165) is 0 Å². The number of aromatic nitrogens is 3. The molecule has 2 rings (SSSR count). The fourth-order valence-electron chi connectivity index (χ4n) is 1.74. The molecule has 2 atom stereocenters. The molecule has 94 valence electrons. The van der Waals surface area contributed by atoms with Crippen molar-refractivity contribution in [2.75, 3.05) is 19.6 Å². The number of rotatable bonds is 3. The second kappa shape index (κ2) is 4.78. The molecular formula is C9H15N5O3. The predicted molar refractivity (Wildman–Crippen MR) is 57.0 cm³/mol. The number of carbonyl (C=O) groups excluding carboxylic acids is 1. The quantitative estimate of drug-likeness (QED) is 0.534. The fourth-order valence-corrected chi connectivity index (χ4v) is 1.74. The second-order valence-electron chi connectivity index (χ2n) is 4.00. The lowest BCUT2D eigenvalue weighted by Crippen LogP contribution is -2.30. The summed E-state index contributed by atoms with van der Waals surface area (Å²) in [5, 5.41) is 26.2. The number of nitrogens with zero attached hydrogens (tertiary/aromatic N) is 4. The average molecular weight is 241 g/mol. The monoisotopic (exact) mass is 241 g/mol. The van der Waals surface area contributed by atoms with Gasteiger partial charge in [-0.2, -0.15) is 0 Å². The van der Waals surface area contributed by atoms with Gasteiger partial charge in [0.2, 0.25) is 0 Å². The number of hydrogen-bond donors (Lipinski definition) is 3. The molecule has 0 bridgehead atoms. The van der Waals surface area contributed by atoms with Crippen LogP contribution in [0.1, 0.15) is 10.5 Å². The summed E-state index contributed by atoms with van der Waals surface area (Å²) in [5.74, 6) is -0.344. The van der Waals surface area contributed by atoms with Crippen molar-refractivity contribution in [2.24, 2.45) is 5.73 Å². The maximum absolute atomic E-state index is 11.9. The van der Waals surface area contributed by atoms with E-state index in [1.165, 1.54) is 15.8 Å². The van der Waals surface area contributed by atoms with Crippen molar-refractivity contribution in [2.45, 2.75) is 18.8 Å². The number of likely N-dealkylation sites (tertiary alicyclic amines) is 1. The van der Waals surface area contributed by atoms with E-state index in [0.29, 0.717) is 13.1 Å². The van der Waals surface area contributed by atoms with Gasteiger partial charge in [-0.3, -0.25) is 9.48 Å². The molecule has 1 saturated heterocycles. The molecule has 8 heteroatoms. The zero-order valence-corrected chi connectivity index (χ0v) is 9.23. The lowest BCUT2D eigenvalue weighted by molar-refractivity contribution is 0.0572. The van der Waals surface area contributed by atoms with Crippen LogP contribution in [0.2, 0.25) is 0 Å². The first kappa shape index (κ1) is 12.0. The Kier molecular flexibility index (Phi) is 3.36. The predicted octanol–water partition coefficient (Wildman–Crippen LogP) is -2.59. The molecule has 0 saturated carbocycles. The van der Waals surface area contributed by atoms with Gasteiger partial charge in [0.15, 0.2) is 5.69 Å². The third-order valence-corrected chi connectivity index (χ3v) is 2.66. The largest absolute Gasteiger partial charge is 0.388 e. The van der Waals surface area contributed by atoms with Crippen LogP contribution in [0.25, 0.3) is 0 Å². The fraction of sp³-hybridized carbons (Fsp3) is 0.667. The van der Waals surface area contributed by atoms with E-state index in [1.807, 2.05) is 0 Å². The molecule has 0 aromatic carbocycles. The van der Waals surface area contributed by atoms with Gasteiger partial charge in [-0.1, -0.05) is 5.21 Å². The lowest BCUT2D eigenvalue weighted by Gasteiger charge is -2.12. The lowest BCUT2D eigenvalue weighted by atomic mass is 10.3. The number of nitrogens with two attached hydrogens (primary N) is 1. The Hall–Kier alpha value is -1.51. The van der Waals surface area contributed by atoms with Gasteiger partial charge in [-0.05, 0) is 0 Å². The summed E-state index contributed by atoms with van der Waals surface area (Å²) >= 11 is 0. The van der Waals surface area contributed by atoms with E-state index in [4.69, 9.17) is 5.73 Å². The minimum absolute atomic E-state index is 0.115. The van der Waals surface area contributed by atoms with Crippen molar-refractivity contribution in [1.82, 2.24) is 19.9 Å². The van der Waals surface area contributed by atoms with Crippen molar-refractivity contribution in [3.63, 3.8) is 0 Å². The summed E-state index contributed by atoms with van der Waals surface area (Å²) in [5.41, 5.74) is 5.55. The van der Waals surface area contributed by atoms with Gasteiger partial charge in [0.1, 0.15) is 0 Å². The highest BCUT2D eigenvalue weighted by molar-refractivity contribution is 5.92. The number of amides is 1. The molecule has 8 nitrogen and oxygen atoms in total. The minimum atomic E-state index is -0.891. The molecular weight excluding hydrogens is 226 g/mol. The summed E-state index contributed by atoms with van der Waals surface area (Å²) in [6, 6.07) is 0. The summed E-state index contributed by atoms with van der Waals surface area (Å²) in [4.78, 5) is 13.3. The number of aliphatic hydroxyl groups is 2. The topological polar surface area (TPSA) is 118 Å². The summed E-state index contributed by atoms with van der Waals surface area (Å²) < 4.78 is 1.48. The Labute approximate surface area is 97.6 Å². The van der Waals surface area contributed by atoms with E-state index < -0.39 is 12.2 Å². The van der Waals surface area contributed by atoms with Crippen molar-refractivity contribution in [1.29, 1.82) is 0 Å². The first-order valence-corrected chi connectivity index (χ1v) is 5.37.